The Balaban J connectivity index is 2.32. The van der Waals surface area contributed by atoms with Crippen molar-refractivity contribution in [2.24, 2.45) is 11.3 Å². The maximum atomic E-state index is 14.0. The molecular weight excluding hydrogens is 416 g/mol. The molecule has 1 aliphatic rings. The molecule has 0 unspecified atom stereocenters. The van der Waals surface area contributed by atoms with Crippen LogP contribution in [0.3, 0.4) is 0 Å². The largest absolute Gasteiger partial charge is 0.222 e. The summed E-state index contributed by atoms with van der Waals surface area (Å²) in [6.45, 7) is 11.8. The molecule has 160 valence electrons. The van der Waals surface area contributed by atoms with Crippen LogP contribution in [-0.2, 0) is 19.7 Å². The van der Waals surface area contributed by atoms with Gasteiger partial charge in [0.1, 0.15) is 0 Å². The lowest BCUT2D eigenvalue weighted by Gasteiger charge is -2.48. The fourth-order valence-electron chi connectivity index (χ4n) is 4.52. The van der Waals surface area contributed by atoms with Crippen LogP contribution in [0.2, 0.25) is 0 Å². The zero-order chi connectivity index (χ0) is 22.2. The molecule has 0 aromatic heterocycles. The molecule has 0 radical (unpaired) electrons. The Hall–Kier alpha value is -2.18. The number of hydrogen-bond donors (Lipinski definition) is 0. The monoisotopic (exact) mass is 444 g/mol. The molecule has 2 atom stereocenters. The predicted molar refractivity (Wildman–Crippen MR) is 120 cm³/mol. The highest BCUT2D eigenvalue weighted by atomic mass is 32.3. The SMILES string of the molecule is C=C[C@@]1(C)CCC(S(=O)(=O)c2ccccc2)(S(=O)(=O)c2ccccc2)C[C@@H]1C(=C)C. The van der Waals surface area contributed by atoms with Crippen molar-refractivity contribution in [2.45, 2.75) is 47.0 Å². The maximum absolute atomic E-state index is 14.0. The van der Waals surface area contributed by atoms with Crippen molar-refractivity contribution >= 4 is 19.7 Å². The minimum atomic E-state index is -4.22. The Morgan fingerprint density at radius 3 is 1.70 bits per heavy atom. The highest BCUT2D eigenvalue weighted by Crippen LogP contribution is 2.55. The van der Waals surface area contributed by atoms with Crippen molar-refractivity contribution < 1.29 is 16.8 Å². The summed E-state index contributed by atoms with van der Waals surface area (Å²) in [5.41, 5.74) is 0.335. The van der Waals surface area contributed by atoms with Gasteiger partial charge in [0.25, 0.3) is 0 Å². The van der Waals surface area contributed by atoms with Crippen molar-refractivity contribution in [1.29, 1.82) is 0 Å². The molecule has 2 aromatic rings. The van der Waals surface area contributed by atoms with Gasteiger partial charge >= 0.3 is 0 Å². The van der Waals surface area contributed by atoms with Gasteiger partial charge in [0, 0.05) is 0 Å². The molecule has 1 aliphatic carbocycles. The number of allylic oxidation sites excluding steroid dienone is 2. The zero-order valence-electron chi connectivity index (χ0n) is 17.4. The summed E-state index contributed by atoms with van der Waals surface area (Å²) in [7, 11) is -8.44. The smallest absolute Gasteiger partial charge is 0.198 e. The van der Waals surface area contributed by atoms with Gasteiger partial charge in [-0.05, 0) is 61.8 Å². The van der Waals surface area contributed by atoms with Crippen molar-refractivity contribution in [1.82, 2.24) is 0 Å². The Morgan fingerprint density at radius 2 is 1.33 bits per heavy atom. The van der Waals surface area contributed by atoms with Crippen LogP contribution in [0, 0.1) is 11.3 Å². The second-order valence-electron chi connectivity index (χ2n) is 8.36. The van der Waals surface area contributed by atoms with E-state index in [-0.39, 0.29) is 28.6 Å². The number of benzene rings is 2. The summed E-state index contributed by atoms with van der Waals surface area (Å²) in [4.78, 5) is 0.0411. The molecule has 4 nitrogen and oxygen atoms in total. The Bertz CT molecular complexity index is 1080. The quantitative estimate of drug-likeness (QED) is 0.574. The Kier molecular flexibility index (Phi) is 5.87. The molecule has 0 spiro atoms. The van der Waals surface area contributed by atoms with Gasteiger partial charge in [0.2, 0.25) is 0 Å². The Labute approximate surface area is 180 Å². The average Bonchev–Trinajstić information content (AvgIpc) is 2.74. The lowest BCUT2D eigenvalue weighted by molar-refractivity contribution is 0.193. The molecule has 6 heteroatoms. The number of rotatable bonds is 6. The first-order chi connectivity index (χ1) is 14.0. The van der Waals surface area contributed by atoms with E-state index in [4.69, 9.17) is 0 Å². The fraction of sp³-hybridized carbons (Fsp3) is 0.333. The summed E-state index contributed by atoms with van der Waals surface area (Å²) in [6, 6.07) is 15.7. The Morgan fingerprint density at radius 1 is 0.900 bits per heavy atom. The highest BCUT2D eigenvalue weighted by Gasteiger charge is 2.61. The van der Waals surface area contributed by atoms with E-state index in [0.29, 0.717) is 6.42 Å². The normalized spacial score (nSPS) is 24.1. The molecule has 1 fully saturated rings. The fourth-order valence-corrected chi connectivity index (χ4v) is 9.66. The van der Waals surface area contributed by atoms with E-state index in [1.54, 1.807) is 42.5 Å². The van der Waals surface area contributed by atoms with E-state index in [0.717, 1.165) is 5.57 Å². The minimum Gasteiger partial charge on any atom is -0.222 e. The molecule has 0 bridgehead atoms. The van der Waals surface area contributed by atoms with Crippen LogP contribution in [-0.4, -0.2) is 20.9 Å². The molecular formula is C24H28O4S2. The van der Waals surface area contributed by atoms with Crippen molar-refractivity contribution in [3.8, 4) is 0 Å². The summed E-state index contributed by atoms with van der Waals surface area (Å²) >= 11 is 0. The lowest BCUT2D eigenvalue weighted by atomic mass is 9.65. The van der Waals surface area contributed by atoms with Gasteiger partial charge in [-0.1, -0.05) is 61.5 Å². The number of hydrogen-bond acceptors (Lipinski definition) is 4. The summed E-state index contributed by atoms with van der Waals surface area (Å²) < 4.78 is 53.9. The van der Waals surface area contributed by atoms with Crippen LogP contribution in [0.1, 0.15) is 33.1 Å². The van der Waals surface area contributed by atoms with Crippen LogP contribution in [0.5, 0.6) is 0 Å². The molecule has 0 saturated heterocycles. The molecule has 1 saturated carbocycles. The van der Waals surface area contributed by atoms with E-state index < -0.39 is 29.2 Å². The van der Waals surface area contributed by atoms with E-state index in [1.807, 2.05) is 13.8 Å². The van der Waals surface area contributed by atoms with Crippen molar-refractivity contribution in [3.63, 3.8) is 0 Å². The van der Waals surface area contributed by atoms with Crippen molar-refractivity contribution in [2.75, 3.05) is 0 Å². The first-order valence-electron chi connectivity index (χ1n) is 9.90. The van der Waals surface area contributed by atoms with Crippen LogP contribution in [0.15, 0.2) is 95.3 Å². The van der Waals surface area contributed by atoms with E-state index in [9.17, 15) is 16.8 Å². The van der Waals surface area contributed by atoms with Crippen LogP contribution in [0.4, 0.5) is 0 Å². The molecule has 0 heterocycles. The second-order valence-corrected chi connectivity index (χ2v) is 13.1. The van der Waals surface area contributed by atoms with Gasteiger partial charge < -0.3 is 0 Å². The van der Waals surface area contributed by atoms with Crippen LogP contribution in [0.25, 0.3) is 0 Å². The van der Waals surface area contributed by atoms with E-state index >= 15 is 0 Å². The first kappa shape index (κ1) is 22.5. The van der Waals surface area contributed by atoms with Crippen molar-refractivity contribution in [3.05, 3.63) is 85.5 Å². The molecule has 0 aliphatic heterocycles. The van der Waals surface area contributed by atoms with Gasteiger partial charge in [-0.2, -0.15) is 0 Å². The second kappa shape index (κ2) is 7.82. The minimum absolute atomic E-state index is 0.00620. The van der Waals surface area contributed by atoms with Crippen LogP contribution < -0.4 is 0 Å². The molecule has 0 N–H and O–H groups in total. The molecule has 30 heavy (non-hydrogen) atoms. The van der Waals surface area contributed by atoms with Gasteiger partial charge in [-0.3, -0.25) is 0 Å². The van der Waals surface area contributed by atoms with Gasteiger partial charge in [-0.25, -0.2) is 16.8 Å². The van der Waals surface area contributed by atoms with Crippen LogP contribution >= 0.6 is 0 Å². The zero-order valence-corrected chi connectivity index (χ0v) is 19.0. The third-order valence-corrected chi connectivity index (χ3v) is 12.3. The van der Waals surface area contributed by atoms with Gasteiger partial charge in [0.05, 0.1) is 9.79 Å². The summed E-state index contributed by atoms with van der Waals surface area (Å²) in [5.74, 6) is -0.333. The van der Waals surface area contributed by atoms with Gasteiger partial charge in [-0.15, -0.1) is 6.58 Å². The summed E-state index contributed by atoms with van der Waals surface area (Å²) in [6.07, 6.45) is 2.12. The first-order valence-corrected chi connectivity index (χ1v) is 12.9. The highest BCUT2D eigenvalue weighted by molar-refractivity contribution is 8.10. The lowest BCUT2D eigenvalue weighted by Crippen LogP contribution is -2.53. The van der Waals surface area contributed by atoms with Gasteiger partial charge in [0.15, 0.2) is 23.8 Å². The van der Waals surface area contributed by atoms with E-state index in [2.05, 4.69) is 13.2 Å². The predicted octanol–water partition coefficient (Wildman–Crippen LogP) is 5.20. The number of sulfone groups is 2. The average molecular weight is 445 g/mol. The maximum Gasteiger partial charge on any atom is 0.198 e. The topological polar surface area (TPSA) is 68.3 Å². The molecule has 0 amide bonds. The molecule has 3 rings (SSSR count). The van der Waals surface area contributed by atoms with E-state index in [1.165, 1.54) is 24.3 Å². The third kappa shape index (κ3) is 3.36. The molecule has 2 aromatic carbocycles. The standard InChI is InChI=1S/C24H28O4S2/c1-5-23(4)16-17-24(18-22(23)19(2)3,29(25,26)20-12-8-6-9-13-20)30(27,28)21-14-10-7-11-15-21/h5-15,22H,1-2,16-18H2,3-4H3/t22-,23+/m1/s1. The summed E-state index contributed by atoms with van der Waals surface area (Å²) in [5, 5.41) is 0. The third-order valence-electron chi connectivity index (χ3n) is 6.50.